The molecular formula is C24H27NO3. The van der Waals surface area contributed by atoms with Crippen molar-refractivity contribution in [2.45, 2.75) is 45.6 Å². The van der Waals surface area contributed by atoms with Crippen molar-refractivity contribution in [3.05, 3.63) is 65.4 Å². The summed E-state index contributed by atoms with van der Waals surface area (Å²) in [6.07, 6.45) is 4.55. The average molecular weight is 377 g/mol. The third-order valence-corrected chi connectivity index (χ3v) is 5.26. The predicted molar refractivity (Wildman–Crippen MR) is 111 cm³/mol. The Morgan fingerprint density at radius 1 is 1.11 bits per heavy atom. The minimum absolute atomic E-state index is 0.0578. The highest BCUT2D eigenvalue weighted by Crippen LogP contribution is 2.29. The van der Waals surface area contributed by atoms with Crippen molar-refractivity contribution >= 4 is 16.9 Å². The number of ether oxygens (including phenoxy) is 1. The third-order valence-electron chi connectivity index (χ3n) is 5.26. The Kier molecular flexibility index (Phi) is 5.38. The van der Waals surface area contributed by atoms with Gasteiger partial charge in [0.1, 0.15) is 17.1 Å². The number of furan rings is 1. The lowest BCUT2D eigenvalue weighted by molar-refractivity contribution is -0.119. The van der Waals surface area contributed by atoms with E-state index in [4.69, 9.17) is 9.15 Å². The van der Waals surface area contributed by atoms with Gasteiger partial charge in [0.05, 0.1) is 12.6 Å². The fourth-order valence-electron chi connectivity index (χ4n) is 3.38. The van der Waals surface area contributed by atoms with Gasteiger partial charge in [0.2, 0.25) is 5.91 Å². The SMILES string of the molecule is CC(=O)NC(C)c1cc2ccc(CCc3ccc(OCC4CC4)cc3)cc2o1. The van der Waals surface area contributed by atoms with E-state index in [0.717, 1.165) is 47.8 Å². The van der Waals surface area contributed by atoms with Crippen molar-refractivity contribution in [2.24, 2.45) is 5.92 Å². The van der Waals surface area contributed by atoms with Crippen LogP contribution in [-0.2, 0) is 17.6 Å². The molecule has 0 bridgehead atoms. The molecule has 4 nitrogen and oxygen atoms in total. The Labute approximate surface area is 165 Å². The van der Waals surface area contributed by atoms with Crippen LogP contribution in [-0.4, -0.2) is 12.5 Å². The van der Waals surface area contributed by atoms with E-state index < -0.39 is 0 Å². The first-order valence-corrected chi connectivity index (χ1v) is 10.1. The Balaban J connectivity index is 1.36. The maximum absolute atomic E-state index is 11.2. The standard InChI is InChI=1S/C24H27NO3/c1-16(25-17(2)26)23-14-21-10-7-19(13-24(21)28-23)4-3-18-8-11-22(12-9-18)27-15-20-5-6-20/h7-14,16,20H,3-6,15H2,1-2H3,(H,25,26). The second-order valence-corrected chi connectivity index (χ2v) is 7.84. The highest BCUT2D eigenvalue weighted by atomic mass is 16.5. The number of nitrogens with one attached hydrogen (secondary N) is 1. The maximum atomic E-state index is 11.2. The highest BCUT2D eigenvalue weighted by Gasteiger charge is 2.21. The molecule has 1 N–H and O–H groups in total. The van der Waals surface area contributed by atoms with Crippen molar-refractivity contribution < 1.29 is 13.9 Å². The molecule has 0 radical (unpaired) electrons. The van der Waals surface area contributed by atoms with Crippen LogP contribution in [0.3, 0.4) is 0 Å². The van der Waals surface area contributed by atoms with Gasteiger partial charge in [-0.15, -0.1) is 0 Å². The molecule has 1 heterocycles. The Bertz CT molecular complexity index is 954. The second-order valence-electron chi connectivity index (χ2n) is 7.84. The summed E-state index contributed by atoms with van der Waals surface area (Å²) in [5.74, 6) is 2.47. The number of rotatable bonds is 8. The summed E-state index contributed by atoms with van der Waals surface area (Å²) < 4.78 is 11.8. The van der Waals surface area contributed by atoms with Gasteiger partial charge >= 0.3 is 0 Å². The maximum Gasteiger partial charge on any atom is 0.217 e. The lowest BCUT2D eigenvalue weighted by atomic mass is 10.0. The van der Waals surface area contributed by atoms with E-state index in [2.05, 4.69) is 47.8 Å². The molecule has 4 heteroatoms. The molecule has 146 valence electrons. The van der Waals surface area contributed by atoms with Gasteiger partial charge in [-0.05, 0) is 73.9 Å². The lowest BCUT2D eigenvalue weighted by Crippen LogP contribution is -2.23. The van der Waals surface area contributed by atoms with Crippen LogP contribution in [0, 0.1) is 5.92 Å². The fraction of sp³-hybridized carbons (Fsp3) is 0.375. The predicted octanol–water partition coefficient (Wildman–Crippen LogP) is 5.20. The van der Waals surface area contributed by atoms with Gasteiger partial charge in [-0.3, -0.25) is 4.79 Å². The van der Waals surface area contributed by atoms with E-state index in [1.54, 1.807) is 0 Å². The third kappa shape index (κ3) is 4.75. The van der Waals surface area contributed by atoms with Crippen molar-refractivity contribution in [3.8, 4) is 5.75 Å². The molecule has 1 amide bonds. The number of benzene rings is 2. The molecule has 1 atom stereocenters. The lowest BCUT2D eigenvalue weighted by Gasteiger charge is -2.08. The minimum Gasteiger partial charge on any atom is -0.493 e. The summed E-state index contributed by atoms with van der Waals surface area (Å²) in [5.41, 5.74) is 3.42. The summed E-state index contributed by atoms with van der Waals surface area (Å²) >= 11 is 0. The minimum atomic E-state index is -0.131. The summed E-state index contributed by atoms with van der Waals surface area (Å²) in [6.45, 7) is 4.30. The van der Waals surface area contributed by atoms with Crippen LogP contribution in [0.1, 0.15) is 49.6 Å². The molecule has 28 heavy (non-hydrogen) atoms. The van der Waals surface area contributed by atoms with Crippen molar-refractivity contribution in [2.75, 3.05) is 6.61 Å². The van der Waals surface area contributed by atoms with Crippen LogP contribution in [0.25, 0.3) is 11.0 Å². The van der Waals surface area contributed by atoms with E-state index >= 15 is 0 Å². The first-order valence-electron chi connectivity index (χ1n) is 10.1. The number of fused-ring (bicyclic) bond motifs is 1. The van der Waals surface area contributed by atoms with Gasteiger partial charge in [0.15, 0.2) is 0 Å². The van der Waals surface area contributed by atoms with E-state index in [1.165, 1.54) is 30.9 Å². The zero-order valence-corrected chi connectivity index (χ0v) is 16.5. The summed E-state index contributed by atoms with van der Waals surface area (Å²) in [5, 5.41) is 3.92. The molecule has 1 saturated carbocycles. The summed E-state index contributed by atoms with van der Waals surface area (Å²) in [6, 6.07) is 16.7. The molecule has 1 unspecified atom stereocenters. The van der Waals surface area contributed by atoms with Crippen LogP contribution in [0.4, 0.5) is 0 Å². The largest absolute Gasteiger partial charge is 0.493 e. The zero-order valence-electron chi connectivity index (χ0n) is 16.5. The highest BCUT2D eigenvalue weighted by molar-refractivity contribution is 5.79. The second kappa shape index (κ2) is 8.09. The molecule has 1 aliphatic carbocycles. The normalized spacial score (nSPS) is 14.8. The first kappa shape index (κ1) is 18.6. The zero-order chi connectivity index (χ0) is 19.5. The van der Waals surface area contributed by atoms with E-state index in [9.17, 15) is 4.79 Å². The Morgan fingerprint density at radius 2 is 1.82 bits per heavy atom. The van der Waals surface area contributed by atoms with Crippen LogP contribution in [0.5, 0.6) is 5.75 Å². The van der Waals surface area contributed by atoms with E-state index in [1.807, 2.05) is 13.0 Å². The number of aryl methyl sites for hydroxylation is 2. The summed E-state index contributed by atoms with van der Waals surface area (Å²) in [7, 11) is 0. The molecule has 1 fully saturated rings. The van der Waals surface area contributed by atoms with Gasteiger partial charge in [-0.25, -0.2) is 0 Å². The number of carbonyl (C=O) groups is 1. The van der Waals surface area contributed by atoms with Gasteiger partial charge in [-0.2, -0.15) is 0 Å². The van der Waals surface area contributed by atoms with Crippen molar-refractivity contribution in [1.29, 1.82) is 0 Å². The smallest absolute Gasteiger partial charge is 0.217 e. The quantitative estimate of drug-likeness (QED) is 0.587. The summed E-state index contributed by atoms with van der Waals surface area (Å²) in [4.78, 5) is 11.2. The van der Waals surface area contributed by atoms with Gasteiger partial charge in [0.25, 0.3) is 0 Å². The van der Waals surface area contributed by atoms with Gasteiger partial charge < -0.3 is 14.5 Å². The number of amides is 1. The number of hydrogen-bond donors (Lipinski definition) is 1. The number of carbonyl (C=O) groups excluding carboxylic acids is 1. The molecule has 1 aromatic heterocycles. The van der Waals surface area contributed by atoms with Gasteiger partial charge in [-0.1, -0.05) is 24.3 Å². The van der Waals surface area contributed by atoms with Crippen molar-refractivity contribution in [1.82, 2.24) is 5.32 Å². The topological polar surface area (TPSA) is 51.5 Å². The molecule has 0 spiro atoms. The van der Waals surface area contributed by atoms with E-state index in [0.29, 0.717) is 0 Å². The van der Waals surface area contributed by atoms with Crippen molar-refractivity contribution in [3.63, 3.8) is 0 Å². The molecule has 4 rings (SSSR count). The fourth-order valence-corrected chi connectivity index (χ4v) is 3.38. The Hall–Kier alpha value is -2.75. The molecule has 2 aromatic carbocycles. The molecule has 0 saturated heterocycles. The Morgan fingerprint density at radius 3 is 2.54 bits per heavy atom. The van der Waals surface area contributed by atoms with Gasteiger partial charge in [0, 0.05) is 12.3 Å². The first-order chi connectivity index (χ1) is 13.6. The monoisotopic (exact) mass is 377 g/mol. The number of hydrogen-bond acceptors (Lipinski definition) is 3. The molecule has 0 aliphatic heterocycles. The molecular weight excluding hydrogens is 350 g/mol. The molecule has 3 aromatic rings. The van der Waals surface area contributed by atoms with Crippen LogP contribution >= 0.6 is 0 Å². The van der Waals surface area contributed by atoms with Crippen LogP contribution < -0.4 is 10.1 Å². The average Bonchev–Trinajstić information content (AvgIpc) is 3.41. The van der Waals surface area contributed by atoms with Crippen LogP contribution in [0.2, 0.25) is 0 Å². The van der Waals surface area contributed by atoms with E-state index in [-0.39, 0.29) is 11.9 Å². The molecule has 1 aliphatic rings. The van der Waals surface area contributed by atoms with Crippen LogP contribution in [0.15, 0.2) is 52.9 Å².